The summed E-state index contributed by atoms with van der Waals surface area (Å²) in [4.78, 5) is 2.62. The van der Waals surface area contributed by atoms with Crippen molar-refractivity contribution in [2.45, 2.75) is 30.6 Å². The largest absolute Gasteiger partial charge is 0.301 e. The molecule has 0 unspecified atom stereocenters. The molecule has 7 heteroatoms. The van der Waals surface area contributed by atoms with Crippen LogP contribution in [0.15, 0.2) is 41.3 Å². The van der Waals surface area contributed by atoms with Gasteiger partial charge in [0.25, 0.3) is 0 Å². The number of sulfonamides is 1. The van der Waals surface area contributed by atoms with E-state index < -0.39 is 10.0 Å². The number of aromatic nitrogens is 2. The summed E-state index contributed by atoms with van der Waals surface area (Å²) in [5, 5.41) is 7.37. The quantitative estimate of drug-likeness (QED) is 0.835. The third kappa shape index (κ3) is 4.23. The van der Waals surface area contributed by atoms with Crippen LogP contribution in [-0.2, 0) is 10.0 Å². The number of nitrogens with one attached hydrogen (secondary N) is 2. The Labute approximate surface area is 143 Å². The molecule has 0 amide bonds. The summed E-state index contributed by atoms with van der Waals surface area (Å²) in [6.07, 6.45) is 2.25. The lowest BCUT2D eigenvalue weighted by atomic mass is 9.95. The second-order valence-electron chi connectivity index (χ2n) is 6.33. The highest BCUT2D eigenvalue weighted by Crippen LogP contribution is 2.25. The Kier molecular flexibility index (Phi) is 5.33. The van der Waals surface area contributed by atoms with E-state index in [-0.39, 0.29) is 0 Å². The molecule has 6 nitrogen and oxygen atoms in total. The molecule has 1 aromatic carbocycles. The van der Waals surface area contributed by atoms with Crippen LogP contribution in [0.3, 0.4) is 0 Å². The van der Waals surface area contributed by atoms with Crippen molar-refractivity contribution in [1.82, 2.24) is 19.8 Å². The monoisotopic (exact) mass is 348 g/mol. The molecule has 2 N–H and O–H groups in total. The van der Waals surface area contributed by atoms with E-state index in [0.717, 1.165) is 37.3 Å². The van der Waals surface area contributed by atoms with E-state index in [1.165, 1.54) is 0 Å². The first kappa shape index (κ1) is 17.1. The van der Waals surface area contributed by atoms with Crippen molar-refractivity contribution in [1.29, 1.82) is 0 Å². The molecule has 3 rings (SSSR count). The molecule has 1 aliphatic rings. The van der Waals surface area contributed by atoms with Crippen molar-refractivity contribution in [3.8, 4) is 0 Å². The Morgan fingerprint density at radius 1 is 1.33 bits per heavy atom. The lowest BCUT2D eigenvalue weighted by Gasteiger charge is -2.31. The first-order valence-corrected chi connectivity index (χ1v) is 9.82. The lowest BCUT2D eigenvalue weighted by molar-refractivity contribution is 0.209. The van der Waals surface area contributed by atoms with Crippen LogP contribution in [-0.4, -0.2) is 49.7 Å². The zero-order valence-corrected chi connectivity index (χ0v) is 14.7. The van der Waals surface area contributed by atoms with E-state index in [9.17, 15) is 8.42 Å². The Morgan fingerprint density at radius 3 is 2.83 bits per heavy atom. The normalized spacial score (nSPS) is 19.5. The Bertz CT molecular complexity index is 758. The average Bonchev–Trinajstić information content (AvgIpc) is 3.02. The summed E-state index contributed by atoms with van der Waals surface area (Å²) in [6.45, 7) is 5.08. The molecule has 2 aromatic rings. The van der Waals surface area contributed by atoms with Crippen LogP contribution in [0.25, 0.3) is 0 Å². The van der Waals surface area contributed by atoms with E-state index in [1.54, 1.807) is 24.3 Å². The highest BCUT2D eigenvalue weighted by Gasteiger charge is 2.23. The molecular formula is C17H24N4O2S. The maximum Gasteiger partial charge on any atom is 0.240 e. The zero-order valence-electron chi connectivity index (χ0n) is 13.9. The maximum atomic E-state index is 12.2. The smallest absolute Gasteiger partial charge is 0.240 e. The van der Waals surface area contributed by atoms with Crippen molar-refractivity contribution in [2.24, 2.45) is 0 Å². The molecule has 1 aromatic heterocycles. The number of nitrogens with zero attached hydrogens (tertiary/aromatic N) is 2. The summed E-state index contributed by atoms with van der Waals surface area (Å²) in [7, 11) is -3.42. The van der Waals surface area contributed by atoms with Gasteiger partial charge in [-0.1, -0.05) is 18.2 Å². The van der Waals surface area contributed by atoms with Gasteiger partial charge >= 0.3 is 0 Å². The molecule has 0 aliphatic carbocycles. The van der Waals surface area contributed by atoms with Gasteiger partial charge in [0.05, 0.1) is 10.6 Å². The van der Waals surface area contributed by atoms with E-state index >= 15 is 0 Å². The van der Waals surface area contributed by atoms with Crippen LogP contribution in [0.1, 0.15) is 30.1 Å². The van der Waals surface area contributed by atoms with E-state index in [4.69, 9.17) is 0 Å². The molecule has 1 saturated heterocycles. The second kappa shape index (κ2) is 7.46. The van der Waals surface area contributed by atoms with Gasteiger partial charge in [-0.3, -0.25) is 5.10 Å². The molecular weight excluding hydrogens is 324 g/mol. The maximum absolute atomic E-state index is 12.2. The minimum Gasteiger partial charge on any atom is -0.301 e. The topological polar surface area (TPSA) is 78.1 Å². The van der Waals surface area contributed by atoms with Gasteiger partial charge in [0, 0.05) is 31.2 Å². The molecule has 1 aliphatic heterocycles. The van der Waals surface area contributed by atoms with Gasteiger partial charge in [-0.05, 0) is 44.5 Å². The van der Waals surface area contributed by atoms with Crippen molar-refractivity contribution in [3.05, 3.63) is 47.8 Å². The third-order valence-electron chi connectivity index (χ3n) is 4.42. The molecule has 1 atom stereocenters. The van der Waals surface area contributed by atoms with Crippen LogP contribution in [0.2, 0.25) is 0 Å². The van der Waals surface area contributed by atoms with Crippen LogP contribution >= 0.6 is 0 Å². The summed E-state index contributed by atoms with van der Waals surface area (Å²) >= 11 is 0. The number of benzene rings is 1. The number of hydrogen-bond donors (Lipinski definition) is 2. The summed E-state index contributed by atoms with van der Waals surface area (Å²) in [5.41, 5.74) is 2.19. The predicted octanol–water partition coefficient (Wildman–Crippen LogP) is 1.88. The molecule has 0 spiro atoms. The molecule has 0 saturated carbocycles. The van der Waals surface area contributed by atoms with Crippen LogP contribution in [0, 0.1) is 6.92 Å². The molecule has 24 heavy (non-hydrogen) atoms. The summed E-state index contributed by atoms with van der Waals surface area (Å²) in [6, 6.07) is 10.6. The molecule has 1 fully saturated rings. The number of H-pyrrole nitrogens is 1. The van der Waals surface area contributed by atoms with Crippen molar-refractivity contribution in [2.75, 3.05) is 26.2 Å². The van der Waals surface area contributed by atoms with Gasteiger partial charge in [0.15, 0.2) is 0 Å². The van der Waals surface area contributed by atoms with Gasteiger partial charge in [0.1, 0.15) is 0 Å². The van der Waals surface area contributed by atoms with E-state index in [1.807, 2.05) is 13.0 Å². The number of aryl methyl sites for hydroxylation is 1. The highest BCUT2D eigenvalue weighted by molar-refractivity contribution is 7.89. The van der Waals surface area contributed by atoms with Crippen LogP contribution in [0.5, 0.6) is 0 Å². The van der Waals surface area contributed by atoms with Gasteiger partial charge in [-0.15, -0.1) is 0 Å². The molecule has 2 heterocycles. The minimum absolute atomic E-state index is 0.313. The molecule has 130 valence electrons. The molecule has 0 radical (unpaired) electrons. The van der Waals surface area contributed by atoms with Crippen molar-refractivity contribution in [3.63, 3.8) is 0 Å². The fourth-order valence-corrected chi connectivity index (χ4v) is 4.21. The Hall–Kier alpha value is -1.70. The second-order valence-corrected chi connectivity index (χ2v) is 8.09. The Morgan fingerprint density at radius 2 is 2.12 bits per heavy atom. The van der Waals surface area contributed by atoms with E-state index in [2.05, 4.69) is 25.9 Å². The van der Waals surface area contributed by atoms with Gasteiger partial charge in [-0.25, -0.2) is 13.1 Å². The SMILES string of the molecule is Cc1cc([C@@H]2CCCN(CCNS(=O)(=O)c3ccccc3)C2)n[nH]1. The van der Waals surface area contributed by atoms with Gasteiger partial charge in [0.2, 0.25) is 10.0 Å². The summed E-state index contributed by atoms with van der Waals surface area (Å²) < 4.78 is 27.1. The first-order chi connectivity index (χ1) is 11.5. The standard InChI is InChI=1S/C17H24N4O2S/c1-14-12-17(20-19-14)15-6-5-10-21(13-15)11-9-18-24(22,23)16-7-3-2-4-8-16/h2-4,7-8,12,15,18H,5-6,9-11,13H2,1H3,(H,19,20)/t15-/m1/s1. The lowest BCUT2D eigenvalue weighted by Crippen LogP contribution is -2.40. The highest BCUT2D eigenvalue weighted by atomic mass is 32.2. The number of aromatic amines is 1. The van der Waals surface area contributed by atoms with Crippen LogP contribution < -0.4 is 4.72 Å². The summed E-state index contributed by atoms with van der Waals surface area (Å²) in [5.74, 6) is 0.425. The third-order valence-corrected chi connectivity index (χ3v) is 5.90. The first-order valence-electron chi connectivity index (χ1n) is 8.33. The van der Waals surface area contributed by atoms with Crippen LogP contribution in [0.4, 0.5) is 0 Å². The fourth-order valence-electron chi connectivity index (χ4n) is 3.17. The average molecular weight is 348 g/mol. The van der Waals surface area contributed by atoms with E-state index in [0.29, 0.717) is 23.9 Å². The van der Waals surface area contributed by atoms with Gasteiger partial charge < -0.3 is 4.90 Å². The fraction of sp³-hybridized carbons (Fsp3) is 0.471. The molecule has 0 bridgehead atoms. The Balaban J connectivity index is 1.51. The van der Waals surface area contributed by atoms with Gasteiger partial charge in [-0.2, -0.15) is 5.10 Å². The van der Waals surface area contributed by atoms with Crippen molar-refractivity contribution < 1.29 is 8.42 Å². The number of hydrogen-bond acceptors (Lipinski definition) is 4. The minimum atomic E-state index is -3.42. The number of likely N-dealkylation sites (tertiary alicyclic amines) is 1. The number of rotatable bonds is 6. The van der Waals surface area contributed by atoms with Crippen molar-refractivity contribution >= 4 is 10.0 Å². The number of piperidine rings is 1. The predicted molar refractivity (Wildman–Crippen MR) is 93.4 cm³/mol. The zero-order chi connectivity index (χ0) is 17.0.